The molecule has 0 bridgehead atoms. The highest BCUT2D eigenvalue weighted by Gasteiger charge is 2.51. The van der Waals surface area contributed by atoms with Crippen molar-refractivity contribution in [2.45, 2.75) is 143 Å². The van der Waals surface area contributed by atoms with Gasteiger partial charge in [-0.25, -0.2) is 0 Å². The molecule has 5 nitrogen and oxygen atoms in total. The van der Waals surface area contributed by atoms with Gasteiger partial charge in [-0.15, -0.1) is 0 Å². The first-order valence-electron chi connectivity index (χ1n) is 14.7. The molecule has 230 valence electrons. The Morgan fingerprint density at radius 2 is 1.05 bits per heavy atom. The van der Waals surface area contributed by atoms with Gasteiger partial charge in [-0.1, -0.05) is 41.4 Å². The molecule has 39 heavy (non-hydrogen) atoms. The topological polar surface area (TPSA) is 61.8 Å². The molecule has 0 aromatic rings. The molecule has 0 aliphatic heterocycles. The molecule has 0 aromatic heterocycles. The molecular formula is C29H62O5P2Si3. The summed E-state index contributed by atoms with van der Waals surface area (Å²) < 4.78 is 47.4. The third kappa shape index (κ3) is 19.9. The molecule has 0 rings (SSSR count). The van der Waals surface area contributed by atoms with Gasteiger partial charge in [-0.05, 0) is 132 Å². The van der Waals surface area contributed by atoms with Gasteiger partial charge in [-0.3, -0.25) is 9.13 Å². The predicted molar refractivity (Wildman–Crippen MR) is 182 cm³/mol. The summed E-state index contributed by atoms with van der Waals surface area (Å²) in [6, 6.07) is 0. The highest BCUT2D eigenvalue weighted by Crippen LogP contribution is 2.72. The summed E-state index contributed by atoms with van der Waals surface area (Å²) >= 11 is 0. The van der Waals surface area contributed by atoms with Crippen molar-refractivity contribution in [3.63, 3.8) is 0 Å². The number of hydrogen-bond donors (Lipinski definition) is 0. The van der Waals surface area contributed by atoms with E-state index in [1.54, 1.807) is 6.66 Å². The van der Waals surface area contributed by atoms with E-state index in [2.05, 4.69) is 45.9 Å². The van der Waals surface area contributed by atoms with Crippen molar-refractivity contribution in [1.82, 2.24) is 0 Å². The van der Waals surface area contributed by atoms with Crippen molar-refractivity contribution >= 4 is 39.9 Å². The van der Waals surface area contributed by atoms with Gasteiger partial charge in [0, 0.05) is 6.66 Å². The zero-order chi connectivity index (χ0) is 30.7. The second-order valence-corrected chi connectivity index (χ2v) is 33.7. The minimum atomic E-state index is -3.65. The van der Waals surface area contributed by atoms with Crippen molar-refractivity contribution in [3.8, 4) is 0 Å². The molecule has 0 heterocycles. The molecule has 0 aliphatic rings. The van der Waals surface area contributed by atoms with Gasteiger partial charge >= 0.3 is 7.60 Å². The van der Waals surface area contributed by atoms with E-state index in [9.17, 15) is 9.13 Å². The lowest BCUT2D eigenvalue weighted by Crippen LogP contribution is -2.34. The average Bonchev–Trinajstić information content (AvgIpc) is 2.65. The van der Waals surface area contributed by atoms with Crippen LogP contribution in [-0.2, 0) is 21.8 Å². The maximum Gasteiger partial charge on any atom is 0.324 e. The maximum absolute atomic E-state index is 14.5. The van der Waals surface area contributed by atoms with Crippen molar-refractivity contribution < 1.29 is 21.8 Å². The van der Waals surface area contributed by atoms with Crippen molar-refractivity contribution in [2.24, 2.45) is 0 Å². The summed E-state index contributed by atoms with van der Waals surface area (Å²) in [5.74, 6) is 0. The Kier molecular flexibility index (Phi) is 16.8. The summed E-state index contributed by atoms with van der Waals surface area (Å²) in [6.07, 6.45) is 14.6. The Morgan fingerprint density at radius 3 is 1.46 bits per heavy atom. The minimum absolute atomic E-state index is 0.519. The van der Waals surface area contributed by atoms with Crippen LogP contribution in [0.5, 0.6) is 0 Å². The van der Waals surface area contributed by atoms with Crippen LogP contribution in [0.25, 0.3) is 0 Å². The predicted octanol–water partition coefficient (Wildman–Crippen LogP) is 11.9. The van der Waals surface area contributed by atoms with Crippen LogP contribution < -0.4 is 0 Å². The zero-order valence-corrected chi connectivity index (χ0v) is 32.7. The van der Waals surface area contributed by atoms with E-state index >= 15 is 0 Å². The molecule has 2 unspecified atom stereocenters. The molecule has 2 atom stereocenters. The lowest BCUT2D eigenvalue weighted by Gasteiger charge is -2.39. The Bertz CT molecular complexity index is 914. The van der Waals surface area contributed by atoms with Crippen molar-refractivity contribution in [2.75, 3.05) is 6.66 Å². The fourth-order valence-corrected chi connectivity index (χ4v) is 21.2. The van der Waals surface area contributed by atoms with Gasteiger partial charge in [0.15, 0.2) is 25.0 Å². The van der Waals surface area contributed by atoms with Crippen LogP contribution in [0, 0.1) is 0 Å². The van der Waals surface area contributed by atoms with Crippen LogP contribution in [0.2, 0.25) is 58.9 Å². The average molecular weight is 637 g/mol. The van der Waals surface area contributed by atoms with Crippen LogP contribution >= 0.6 is 15.0 Å². The second kappa shape index (κ2) is 16.7. The Labute approximate surface area is 246 Å². The quantitative estimate of drug-likeness (QED) is 0.0611. The summed E-state index contributed by atoms with van der Waals surface area (Å²) in [7, 11) is -13.5. The Hall–Kier alpha value is 0.211. The molecule has 0 saturated heterocycles. The standard InChI is InChI=1S/C29H62O5P2Si3/c1-26(2)20-18-22-28(4)24-19-23-27(3)21-16-15-17-25-29(35(5,30)32-37(6,7)8)36(31,33-38(9,10)11)34-39(12,13)14/h20-21,24,29H,15-19,22-23,25H2,1-14H3/b27-21+,28-24+. The molecule has 0 aromatic carbocycles. The van der Waals surface area contributed by atoms with E-state index < -0.39 is 45.3 Å². The monoisotopic (exact) mass is 636 g/mol. The normalized spacial score (nSPS) is 16.7. The minimum Gasteiger partial charge on any atom is -0.370 e. The summed E-state index contributed by atoms with van der Waals surface area (Å²) in [4.78, 5) is 0. The largest absolute Gasteiger partial charge is 0.370 e. The second-order valence-electron chi connectivity index (χ2n) is 14.3. The van der Waals surface area contributed by atoms with Gasteiger partial charge in [-0.2, -0.15) is 0 Å². The van der Waals surface area contributed by atoms with Crippen LogP contribution in [0.1, 0.15) is 79.1 Å². The number of hydrogen-bond acceptors (Lipinski definition) is 5. The lowest BCUT2D eigenvalue weighted by molar-refractivity contribution is 0.370. The number of rotatable bonds is 19. The first-order valence-corrected chi connectivity index (χ1v) is 28.7. The van der Waals surface area contributed by atoms with Crippen molar-refractivity contribution in [3.05, 3.63) is 34.9 Å². The van der Waals surface area contributed by atoms with Crippen LogP contribution in [0.3, 0.4) is 0 Å². The first kappa shape index (κ1) is 39.2. The van der Waals surface area contributed by atoms with Gasteiger partial charge in [0.05, 0.1) is 0 Å². The summed E-state index contributed by atoms with van der Waals surface area (Å²) in [6.45, 7) is 28.5. The third-order valence-corrected chi connectivity index (χ3v) is 20.2. The van der Waals surface area contributed by atoms with Crippen LogP contribution in [0.4, 0.5) is 0 Å². The van der Waals surface area contributed by atoms with E-state index in [1.807, 2.05) is 58.9 Å². The van der Waals surface area contributed by atoms with Crippen LogP contribution in [0.15, 0.2) is 34.9 Å². The van der Waals surface area contributed by atoms with E-state index in [0.29, 0.717) is 6.42 Å². The molecule has 0 saturated carbocycles. The molecule has 0 fully saturated rings. The van der Waals surface area contributed by atoms with Gasteiger partial charge < -0.3 is 12.6 Å². The first-order chi connectivity index (χ1) is 17.5. The molecule has 0 N–H and O–H groups in total. The molecular weight excluding hydrogens is 575 g/mol. The fraction of sp³-hybridized carbons (Fsp3) is 0.793. The third-order valence-electron chi connectivity index (χ3n) is 5.70. The van der Waals surface area contributed by atoms with E-state index in [-0.39, 0.29) is 0 Å². The summed E-state index contributed by atoms with van der Waals surface area (Å²) in [5.41, 5.74) is 4.24. The molecule has 0 amide bonds. The fourth-order valence-electron chi connectivity index (χ4n) is 4.32. The number of allylic oxidation sites excluding steroid dienone is 6. The highest BCUT2D eigenvalue weighted by atomic mass is 31.2. The van der Waals surface area contributed by atoms with E-state index in [4.69, 9.17) is 12.6 Å². The Morgan fingerprint density at radius 1 is 0.641 bits per heavy atom. The molecule has 10 heteroatoms. The summed E-state index contributed by atoms with van der Waals surface area (Å²) in [5, 5.41) is -0.722. The SMILES string of the molecule is CC(C)=CCC/C(C)=C/CC/C(C)=C/CCCCC(P(C)(=O)O[Si](C)(C)C)P(=O)(O[Si](C)(C)C)O[Si](C)(C)C. The molecule has 0 radical (unpaired) electrons. The Balaban J connectivity index is 5.42. The maximum atomic E-state index is 14.5. The van der Waals surface area contributed by atoms with Gasteiger partial charge in [0.1, 0.15) is 5.40 Å². The van der Waals surface area contributed by atoms with Crippen molar-refractivity contribution in [1.29, 1.82) is 0 Å². The molecule has 0 spiro atoms. The number of unbranched alkanes of at least 4 members (excludes halogenated alkanes) is 2. The van der Waals surface area contributed by atoms with Gasteiger partial charge in [0.25, 0.3) is 0 Å². The highest BCUT2D eigenvalue weighted by molar-refractivity contribution is 7.76. The lowest BCUT2D eigenvalue weighted by atomic mass is 10.1. The zero-order valence-electron chi connectivity index (χ0n) is 27.9. The smallest absolute Gasteiger partial charge is 0.324 e. The van der Waals surface area contributed by atoms with E-state index in [1.165, 1.54) is 16.7 Å². The molecule has 0 aliphatic carbocycles. The van der Waals surface area contributed by atoms with E-state index in [0.717, 1.165) is 44.9 Å². The van der Waals surface area contributed by atoms with Gasteiger partial charge in [0.2, 0.25) is 7.37 Å². The van der Waals surface area contributed by atoms with Crippen LogP contribution in [-0.4, -0.2) is 37.0 Å².